The van der Waals surface area contributed by atoms with Gasteiger partial charge >= 0.3 is 0 Å². The third-order valence-corrected chi connectivity index (χ3v) is 7.02. The van der Waals surface area contributed by atoms with Gasteiger partial charge in [-0.15, -0.1) is 11.3 Å². The van der Waals surface area contributed by atoms with Gasteiger partial charge in [0.25, 0.3) is 10.0 Å². The molecule has 1 aromatic carbocycles. The molecule has 4 nitrogen and oxygen atoms in total. The van der Waals surface area contributed by atoms with Crippen molar-refractivity contribution in [2.45, 2.75) is 10.6 Å². The number of fused-ring (bicyclic) bond motifs is 1. The molecule has 20 heavy (non-hydrogen) atoms. The van der Waals surface area contributed by atoms with E-state index in [-0.39, 0.29) is 0 Å². The lowest BCUT2D eigenvalue weighted by molar-refractivity contribution is 0.592. The van der Waals surface area contributed by atoms with E-state index in [0.717, 1.165) is 28.1 Å². The Balaban J connectivity index is 2.09. The van der Waals surface area contributed by atoms with E-state index < -0.39 is 10.0 Å². The first-order valence-electron chi connectivity index (χ1n) is 6.20. The SMILES string of the molecule is O=S(=O)(c1ccc(Br)s1)N1CCCNc2ccccc21. The van der Waals surface area contributed by atoms with Crippen molar-refractivity contribution in [3.05, 3.63) is 40.2 Å². The number of anilines is 2. The van der Waals surface area contributed by atoms with Crippen LogP contribution >= 0.6 is 27.3 Å². The number of benzene rings is 1. The standard InChI is InChI=1S/C13H13BrN2O2S2/c14-12-6-7-13(19-12)20(17,18)16-9-3-8-15-10-4-1-2-5-11(10)16/h1-2,4-7,15H,3,8-9H2. The number of thiophene rings is 1. The summed E-state index contributed by atoms with van der Waals surface area (Å²) in [6.45, 7) is 1.26. The van der Waals surface area contributed by atoms with Crippen LogP contribution in [-0.4, -0.2) is 21.5 Å². The summed E-state index contributed by atoms with van der Waals surface area (Å²) < 4.78 is 28.3. The van der Waals surface area contributed by atoms with Crippen LogP contribution in [-0.2, 0) is 10.0 Å². The van der Waals surface area contributed by atoms with Crippen molar-refractivity contribution in [3.8, 4) is 0 Å². The molecule has 1 N–H and O–H groups in total. The summed E-state index contributed by atoms with van der Waals surface area (Å²) in [4.78, 5) is 0. The fourth-order valence-corrected chi connectivity index (χ4v) is 5.85. The highest BCUT2D eigenvalue weighted by Gasteiger charge is 2.29. The zero-order valence-electron chi connectivity index (χ0n) is 10.5. The number of rotatable bonds is 2. The maximum atomic E-state index is 12.8. The van der Waals surface area contributed by atoms with Crippen LogP contribution in [0.5, 0.6) is 0 Å². The number of nitrogens with zero attached hydrogens (tertiary/aromatic N) is 1. The Morgan fingerprint density at radius 2 is 2.00 bits per heavy atom. The molecule has 0 saturated carbocycles. The quantitative estimate of drug-likeness (QED) is 0.876. The molecule has 1 aliphatic heterocycles. The fourth-order valence-electron chi connectivity index (χ4n) is 2.20. The van der Waals surface area contributed by atoms with Crippen molar-refractivity contribution >= 4 is 48.7 Å². The van der Waals surface area contributed by atoms with Crippen LogP contribution in [0, 0.1) is 0 Å². The van der Waals surface area contributed by atoms with E-state index in [1.165, 1.54) is 15.6 Å². The van der Waals surface area contributed by atoms with Crippen molar-refractivity contribution in [2.75, 3.05) is 22.7 Å². The second-order valence-electron chi connectivity index (χ2n) is 4.43. The molecular formula is C13H13BrN2O2S2. The zero-order valence-corrected chi connectivity index (χ0v) is 13.8. The van der Waals surface area contributed by atoms with Gasteiger partial charge in [0.2, 0.25) is 0 Å². The highest BCUT2D eigenvalue weighted by Crippen LogP contribution is 2.35. The van der Waals surface area contributed by atoms with Gasteiger partial charge in [0.05, 0.1) is 15.2 Å². The molecule has 0 fully saturated rings. The molecular weight excluding hydrogens is 360 g/mol. The van der Waals surface area contributed by atoms with E-state index in [9.17, 15) is 8.42 Å². The lowest BCUT2D eigenvalue weighted by atomic mass is 10.2. The largest absolute Gasteiger partial charge is 0.383 e. The van der Waals surface area contributed by atoms with E-state index >= 15 is 0 Å². The van der Waals surface area contributed by atoms with Gasteiger partial charge < -0.3 is 5.32 Å². The minimum atomic E-state index is -3.50. The van der Waals surface area contributed by atoms with Crippen LogP contribution in [0.1, 0.15) is 6.42 Å². The number of nitrogens with one attached hydrogen (secondary N) is 1. The molecule has 2 heterocycles. The summed E-state index contributed by atoms with van der Waals surface area (Å²) in [5.74, 6) is 0. The van der Waals surface area contributed by atoms with Gasteiger partial charge in [-0.25, -0.2) is 8.42 Å². The van der Waals surface area contributed by atoms with Gasteiger partial charge in [-0.3, -0.25) is 4.31 Å². The molecule has 3 rings (SSSR count). The second kappa shape index (κ2) is 5.38. The van der Waals surface area contributed by atoms with Crippen LogP contribution in [0.25, 0.3) is 0 Å². The average Bonchev–Trinajstić information content (AvgIpc) is 2.75. The predicted octanol–water partition coefficient (Wildman–Crippen LogP) is 3.52. The minimum Gasteiger partial charge on any atom is -0.383 e. The van der Waals surface area contributed by atoms with Gasteiger partial charge in [0, 0.05) is 13.1 Å². The maximum absolute atomic E-state index is 12.8. The van der Waals surface area contributed by atoms with Crippen LogP contribution < -0.4 is 9.62 Å². The molecule has 1 aliphatic rings. The highest BCUT2D eigenvalue weighted by molar-refractivity contribution is 9.11. The lowest BCUT2D eigenvalue weighted by Crippen LogP contribution is -2.31. The van der Waals surface area contributed by atoms with Crippen molar-refractivity contribution in [1.82, 2.24) is 0 Å². The molecule has 2 aromatic rings. The zero-order chi connectivity index (χ0) is 14.2. The van der Waals surface area contributed by atoms with E-state index in [0.29, 0.717) is 10.8 Å². The molecule has 0 aliphatic carbocycles. The molecule has 7 heteroatoms. The Morgan fingerprint density at radius 3 is 2.75 bits per heavy atom. The highest BCUT2D eigenvalue weighted by atomic mass is 79.9. The Hall–Kier alpha value is -1.05. The van der Waals surface area contributed by atoms with Gasteiger partial charge in [-0.1, -0.05) is 12.1 Å². The van der Waals surface area contributed by atoms with Crippen LogP contribution in [0.3, 0.4) is 0 Å². The van der Waals surface area contributed by atoms with Gasteiger partial charge in [0.15, 0.2) is 0 Å². The molecule has 0 spiro atoms. The smallest absolute Gasteiger partial charge is 0.273 e. The summed E-state index contributed by atoms with van der Waals surface area (Å²) in [6.07, 6.45) is 0.778. The normalized spacial score (nSPS) is 15.3. The summed E-state index contributed by atoms with van der Waals surface area (Å²) in [5, 5.41) is 3.27. The van der Waals surface area contributed by atoms with Crippen LogP contribution in [0.2, 0.25) is 0 Å². The van der Waals surface area contributed by atoms with Crippen molar-refractivity contribution in [3.63, 3.8) is 0 Å². The predicted molar refractivity (Wildman–Crippen MR) is 86.1 cm³/mol. The molecule has 1 aromatic heterocycles. The molecule has 0 saturated heterocycles. The van der Waals surface area contributed by atoms with E-state index in [1.807, 2.05) is 24.3 Å². The van der Waals surface area contributed by atoms with Gasteiger partial charge in [-0.05, 0) is 46.6 Å². The Morgan fingerprint density at radius 1 is 1.20 bits per heavy atom. The summed E-state index contributed by atoms with van der Waals surface area (Å²) in [6, 6.07) is 10.9. The Bertz CT molecular complexity index is 727. The molecule has 0 bridgehead atoms. The Kier molecular flexibility index (Phi) is 3.74. The first-order valence-corrected chi connectivity index (χ1v) is 9.25. The summed E-state index contributed by atoms with van der Waals surface area (Å²) >= 11 is 4.56. The first-order chi connectivity index (χ1) is 9.59. The number of hydrogen-bond donors (Lipinski definition) is 1. The molecule has 106 valence electrons. The number of para-hydroxylation sites is 2. The number of sulfonamides is 1. The number of hydrogen-bond acceptors (Lipinski definition) is 4. The summed E-state index contributed by atoms with van der Waals surface area (Å²) in [7, 11) is -3.50. The minimum absolute atomic E-state index is 0.362. The molecule has 0 atom stereocenters. The van der Waals surface area contributed by atoms with Crippen molar-refractivity contribution < 1.29 is 8.42 Å². The van der Waals surface area contributed by atoms with E-state index in [4.69, 9.17) is 0 Å². The molecule has 0 unspecified atom stereocenters. The summed E-state index contributed by atoms with van der Waals surface area (Å²) in [5.41, 5.74) is 1.58. The van der Waals surface area contributed by atoms with E-state index in [1.54, 1.807) is 12.1 Å². The van der Waals surface area contributed by atoms with Crippen molar-refractivity contribution in [1.29, 1.82) is 0 Å². The van der Waals surface area contributed by atoms with Crippen LogP contribution in [0.4, 0.5) is 11.4 Å². The third-order valence-electron chi connectivity index (χ3n) is 3.12. The second-order valence-corrected chi connectivity index (χ2v) is 8.99. The average molecular weight is 373 g/mol. The van der Waals surface area contributed by atoms with Gasteiger partial charge in [0.1, 0.15) is 4.21 Å². The van der Waals surface area contributed by atoms with Gasteiger partial charge in [-0.2, -0.15) is 0 Å². The Labute approximate surface area is 130 Å². The van der Waals surface area contributed by atoms with Crippen LogP contribution in [0.15, 0.2) is 44.4 Å². The molecule has 0 amide bonds. The fraction of sp³-hybridized carbons (Fsp3) is 0.231. The topological polar surface area (TPSA) is 49.4 Å². The maximum Gasteiger partial charge on any atom is 0.273 e. The third kappa shape index (κ3) is 2.45. The molecule has 0 radical (unpaired) electrons. The van der Waals surface area contributed by atoms with Crippen molar-refractivity contribution in [2.24, 2.45) is 0 Å². The van der Waals surface area contributed by atoms with E-state index in [2.05, 4.69) is 21.2 Å². The monoisotopic (exact) mass is 372 g/mol. The first kappa shape index (κ1) is 13.9. The number of halogens is 1. The lowest BCUT2D eigenvalue weighted by Gasteiger charge is -2.23.